The normalized spacial score (nSPS) is 20.9. The number of alkyl halides is 3. The van der Waals surface area contributed by atoms with Crippen LogP contribution in [0.3, 0.4) is 0 Å². The van der Waals surface area contributed by atoms with E-state index in [4.69, 9.17) is 0 Å². The van der Waals surface area contributed by atoms with Gasteiger partial charge in [0.1, 0.15) is 11.6 Å². The molecule has 0 bridgehead atoms. The van der Waals surface area contributed by atoms with Crippen LogP contribution in [0.25, 0.3) is 16.8 Å². The number of β-amino-alcohol motifs (C(OH)–C–C–N with tert-alkyl or cyclic N) is 1. The van der Waals surface area contributed by atoms with Gasteiger partial charge in [0.2, 0.25) is 10.0 Å². The Bertz CT molecular complexity index is 1750. The largest absolute Gasteiger partial charge is 0.398 e. The number of nitrogens with zero attached hydrogens (tertiary/aromatic N) is 5. The minimum absolute atomic E-state index is 0.0527. The van der Waals surface area contributed by atoms with Gasteiger partial charge in [-0.25, -0.2) is 13.4 Å². The number of nitrogens with one attached hydrogen (secondary N) is 1. The Kier molecular flexibility index (Phi) is 7.25. The van der Waals surface area contributed by atoms with Gasteiger partial charge in [-0.05, 0) is 72.7 Å². The molecule has 1 aliphatic heterocycles. The van der Waals surface area contributed by atoms with Gasteiger partial charge in [0.15, 0.2) is 5.65 Å². The standard InChI is InChI=1S/C30H33F3N6O3S/c1-18(2)27-36-37-28-19(3)14-21(16-39(27)28)20-4-7-23(8-5-20)43(41,42)38-13-10-24(25(40)17-38)35-26-9-6-22(15-34-26)29(11-12-29)30(31,32)33/h4-9,14-16,18,24-25,40H,10-13,17H2,1-3H3,(H,34,35)/t24-,25+/m1/s1. The SMILES string of the molecule is Cc1cc(-c2ccc(S(=O)(=O)N3CC[C@@H](Nc4ccc(C5(C(F)(F)F)CC5)cn4)[C@@H](O)C3)cc2)cn2c(C(C)C)nnc12. The first-order valence-electron chi connectivity index (χ1n) is 14.2. The lowest BCUT2D eigenvalue weighted by Crippen LogP contribution is -2.51. The number of rotatable bonds is 7. The maximum atomic E-state index is 13.4. The maximum Gasteiger partial charge on any atom is 0.398 e. The summed E-state index contributed by atoms with van der Waals surface area (Å²) in [7, 11) is -3.87. The first-order chi connectivity index (χ1) is 20.3. The second kappa shape index (κ2) is 10.6. The highest BCUT2D eigenvalue weighted by Gasteiger charge is 2.64. The average molecular weight is 615 g/mol. The topological polar surface area (TPSA) is 113 Å². The van der Waals surface area contributed by atoms with Gasteiger partial charge in [-0.2, -0.15) is 17.5 Å². The molecule has 2 fully saturated rings. The van der Waals surface area contributed by atoms with Crippen LogP contribution in [0.4, 0.5) is 19.0 Å². The molecule has 0 unspecified atom stereocenters. The third-order valence-electron chi connectivity index (χ3n) is 8.54. The molecule has 9 nitrogen and oxygen atoms in total. The lowest BCUT2D eigenvalue weighted by atomic mass is 9.97. The Labute approximate surface area is 247 Å². The molecule has 2 atom stereocenters. The zero-order valence-corrected chi connectivity index (χ0v) is 24.8. The first kappa shape index (κ1) is 29.5. The van der Waals surface area contributed by atoms with Crippen LogP contribution in [-0.4, -0.2) is 68.8 Å². The fourth-order valence-electron chi connectivity index (χ4n) is 5.80. The number of pyridine rings is 2. The number of anilines is 1. The Morgan fingerprint density at radius 3 is 2.37 bits per heavy atom. The highest BCUT2D eigenvalue weighted by Crippen LogP contribution is 2.58. The number of aromatic nitrogens is 4. The van der Waals surface area contributed by atoms with E-state index in [1.807, 2.05) is 37.4 Å². The first-order valence-corrected chi connectivity index (χ1v) is 15.7. The molecule has 228 valence electrons. The summed E-state index contributed by atoms with van der Waals surface area (Å²) in [6, 6.07) is 11.0. The molecule has 0 spiro atoms. The molecule has 1 saturated heterocycles. The molecule has 0 radical (unpaired) electrons. The minimum Gasteiger partial charge on any atom is -0.390 e. The highest BCUT2D eigenvalue weighted by molar-refractivity contribution is 7.89. The van der Waals surface area contributed by atoms with E-state index < -0.39 is 33.8 Å². The third-order valence-corrected chi connectivity index (χ3v) is 10.4. The summed E-state index contributed by atoms with van der Waals surface area (Å²) in [5, 5.41) is 22.5. The Morgan fingerprint density at radius 1 is 1.07 bits per heavy atom. The van der Waals surface area contributed by atoms with E-state index in [0.29, 0.717) is 12.2 Å². The Hall–Kier alpha value is -3.55. The van der Waals surface area contributed by atoms with Gasteiger partial charge in [-0.1, -0.05) is 32.0 Å². The van der Waals surface area contributed by atoms with E-state index in [2.05, 4.69) is 20.5 Å². The molecule has 3 aromatic heterocycles. The summed E-state index contributed by atoms with van der Waals surface area (Å²) < 4.78 is 70.4. The minimum atomic E-state index is -4.32. The predicted octanol–water partition coefficient (Wildman–Crippen LogP) is 5.05. The van der Waals surface area contributed by atoms with Crippen molar-refractivity contribution in [2.45, 2.75) is 74.6 Å². The Balaban J connectivity index is 1.13. The van der Waals surface area contributed by atoms with Crippen LogP contribution in [-0.2, 0) is 15.4 Å². The van der Waals surface area contributed by atoms with Crippen molar-refractivity contribution in [1.29, 1.82) is 0 Å². The van der Waals surface area contributed by atoms with Crippen LogP contribution in [0.5, 0.6) is 0 Å². The van der Waals surface area contributed by atoms with Gasteiger partial charge >= 0.3 is 6.18 Å². The number of benzene rings is 1. The molecule has 6 rings (SSSR count). The predicted molar refractivity (Wildman–Crippen MR) is 155 cm³/mol. The summed E-state index contributed by atoms with van der Waals surface area (Å²) in [6.45, 7) is 6.09. The fourth-order valence-corrected chi connectivity index (χ4v) is 7.27. The van der Waals surface area contributed by atoms with Crippen molar-refractivity contribution in [2.75, 3.05) is 18.4 Å². The van der Waals surface area contributed by atoms with Gasteiger partial charge < -0.3 is 10.4 Å². The lowest BCUT2D eigenvalue weighted by Gasteiger charge is -2.35. The smallest absolute Gasteiger partial charge is 0.390 e. The summed E-state index contributed by atoms with van der Waals surface area (Å²) in [6.07, 6.45) is -1.77. The molecule has 1 aliphatic carbocycles. The number of sulfonamides is 1. The van der Waals surface area contributed by atoms with E-state index in [-0.39, 0.29) is 42.3 Å². The fraction of sp³-hybridized carbons (Fsp3) is 0.433. The number of aryl methyl sites for hydroxylation is 1. The summed E-state index contributed by atoms with van der Waals surface area (Å²) in [5.41, 5.74) is 1.81. The molecule has 1 aromatic carbocycles. The van der Waals surface area contributed by atoms with Gasteiger partial charge in [0.25, 0.3) is 0 Å². The van der Waals surface area contributed by atoms with Crippen molar-refractivity contribution in [3.63, 3.8) is 0 Å². The van der Waals surface area contributed by atoms with Gasteiger partial charge in [0.05, 0.1) is 22.5 Å². The molecule has 4 heterocycles. The van der Waals surface area contributed by atoms with Crippen molar-refractivity contribution in [2.24, 2.45) is 0 Å². The van der Waals surface area contributed by atoms with Crippen LogP contribution >= 0.6 is 0 Å². The van der Waals surface area contributed by atoms with Crippen LogP contribution in [0.1, 0.15) is 56.0 Å². The van der Waals surface area contributed by atoms with Crippen LogP contribution in [0.2, 0.25) is 0 Å². The zero-order chi connectivity index (χ0) is 30.7. The van der Waals surface area contributed by atoms with Gasteiger partial charge in [-0.15, -0.1) is 10.2 Å². The van der Waals surface area contributed by atoms with Crippen LogP contribution < -0.4 is 5.32 Å². The second-order valence-corrected chi connectivity index (χ2v) is 13.8. The number of aliphatic hydroxyl groups excluding tert-OH is 1. The van der Waals surface area contributed by atoms with Crippen molar-refractivity contribution >= 4 is 21.5 Å². The van der Waals surface area contributed by atoms with Crippen molar-refractivity contribution < 1.29 is 26.7 Å². The van der Waals surface area contributed by atoms with Crippen LogP contribution in [0, 0.1) is 6.92 Å². The van der Waals surface area contributed by atoms with E-state index in [0.717, 1.165) is 28.2 Å². The number of halogens is 3. The lowest BCUT2D eigenvalue weighted by molar-refractivity contribution is -0.160. The van der Waals surface area contributed by atoms with E-state index in [1.165, 1.54) is 22.6 Å². The Morgan fingerprint density at radius 2 is 1.79 bits per heavy atom. The molecule has 43 heavy (non-hydrogen) atoms. The number of hydrogen-bond donors (Lipinski definition) is 2. The molecular formula is C30H33F3N6O3S. The zero-order valence-electron chi connectivity index (χ0n) is 24.0. The number of hydrogen-bond acceptors (Lipinski definition) is 7. The summed E-state index contributed by atoms with van der Waals surface area (Å²) in [4.78, 5) is 4.27. The second-order valence-electron chi connectivity index (χ2n) is 11.8. The molecule has 0 amide bonds. The highest BCUT2D eigenvalue weighted by atomic mass is 32.2. The van der Waals surface area contributed by atoms with Crippen molar-refractivity contribution in [3.05, 3.63) is 71.8 Å². The van der Waals surface area contributed by atoms with E-state index >= 15 is 0 Å². The summed E-state index contributed by atoms with van der Waals surface area (Å²) in [5.74, 6) is 1.36. The molecule has 13 heteroatoms. The monoisotopic (exact) mass is 614 g/mol. The van der Waals surface area contributed by atoms with Gasteiger partial charge in [0, 0.05) is 31.4 Å². The van der Waals surface area contributed by atoms with Crippen molar-refractivity contribution in [3.8, 4) is 11.1 Å². The van der Waals surface area contributed by atoms with Crippen molar-refractivity contribution in [1.82, 2.24) is 23.9 Å². The number of fused-ring (bicyclic) bond motifs is 1. The number of aliphatic hydroxyl groups is 1. The third kappa shape index (κ3) is 5.27. The molecule has 2 aliphatic rings. The molecular weight excluding hydrogens is 581 g/mol. The quantitative estimate of drug-likeness (QED) is 0.300. The van der Waals surface area contributed by atoms with Crippen LogP contribution in [0.15, 0.2) is 59.8 Å². The molecule has 4 aromatic rings. The average Bonchev–Trinajstić information content (AvgIpc) is 3.68. The van der Waals surface area contributed by atoms with E-state index in [9.17, 15) is 26.7 Å². The maximum absolute atomic E-state index is 13.4. The molecule has 2 N–H and O–H groups in total. The van der Waals surface area contributed by atoms with Gasteiger partial charge in [-0.3, -0.25) is 4.40 Å². The summed E-state index contributed by atoms with van der Waals surface area (Å²) >= 11 is 0. The number of piperidine rings is 1. The van der Waals surface area contributed by atoms with E-state index in [1.54, 1.807) is 24.3 Å². The molecule has 1 saturated carbocycles.